The minimum Gasteiger partial charge on any atom is -0.373 e. The van der Waals surface area contributed by atoms with Crippen LogP contribution in [0.5, 0.6) is 0 Å². The summed E-state index contributed by atoms with van der Waals surface area (Å²) in [5, 5.41) is 6.23. The maximum Gasteiger partial charge on any atom is 0.191 e. The van der Waals surface area contributed by atoms with Crippen LogP contribution in [0.15, 0.2) is 40.2 Å². The number of nitrogens with zero attached hydrogens (tertiary/aromatic N) is 1. The molecule has 0 aliphatic carbocycles. The molecule has 2 N–H and O–H groups in total. The maximum atomic E-state index is 12.3. The Labute approximate surface area is 167 Å². The Bertz CT molecular complexity index is 644. The molecule has 1 saturated heterocycles. The van der Waals surface area contributed by atoms with Crippen molar-refractivity contribution in [1.29, 1.82) is 0 Å². The SMILES string of the molecule is CCNC(=NCC1(C)CCCO1)NCCS(=O)(=O)c1ccccc1.I. The Hall–Kier alpha value is -0.870. The summed E-state index contributed by atoms with van der Waals surface area (Å²) in [6, 6.07) is 8.50. The van der Waals surface area contributed by atoms with Crippen LogP contribution < -0.4 is 10.6 Å². The average Bonchev–Trinajstić information content (AvgIpc) is 3.00. The number of guanidine groups is 1. The highest BCUT2D eigenvalue weighted by Gasteiger charge is 2.29. The molecule has 8 heteroatoms. The number of halogens is 1. The zero-order chi connectivity index (χ0) is 17.5. The van der Waals surface area contributed by atoms with Crippen LogP contribution in [0.25, 0.3) is 0 Å². The fourth-order valence-electron chi connectivity index (χ4n) is 2.60. The van der Waals surface area contributed by atoms with Crippen LogP contribution in [0.4, 0.5) is 0 Å². The van der Waals surface area contributed by atoms with Crippen molar-refractivity contribution in [2.75, 3.05) is 32.0 Å². The van der Waals surface area contributed by atoms with Crippen molar-refractivity contribution < 1.29 is 13.2 Å². The van der Waals surface area contributed by atoms with Crippen LogP contribution in [-0.2, 0) is 14.6 Å². The first-order chi connectivity index (χ1) is 11.5. The molecule has 1 fully saturated rings. The summed E-state index contributed by atoms with van der Waals surface area (Å²) in [5.74, 6) is 0.646. The summed E-state index contributed by atoms with van der Waals surface area (Å²) < 4.78 is 30.3. The monoisotopic (exact) mass is 481 g/mol. The van der Waals surface area contributed by atoms with Gasteiger partial charge in [0, 0.05) is 19.7 Å². The zero-order valence-corrected chi connectivity index (χ0v) is 18.0. The summed E-state index contributed by atoms with van der Waals surface area (Å²) >= 11 is 0. The number of benzene rings is 1. The normalized spacial score (nSPS) is 20.8. The van der Waals surface area contributed by atoms with E-state index >= 15 is 0 Å². The molecule has 0 amide bonds. The lowest BCUT2D eigenvalue weighted by atomic mass is 10.0. The smallest absolute Gasteiger partial charge is 0.191 e. The number of ether oxygens (including phenoxy) is 1. The lowest BCUT2D eigenvalue weighted by Gasteiger charge is -2.21. The second kappa shape index (κ2) is 10.3. The van der Waals surface area contributed by atoms with Crippen molar-refractivity contribution in [1.82, 2.24) is 10.6 Å². The summed E-state index contributed by atoms with van der Waals surface area (Å²) in [4.78, 5) is 4.88. The number of aliphatic imine (C=N–C) groups is 1. The fraction of sp³-hybridized carbons (Fsp3) is 0.588. The van der Waals surface area contributed by atoms with Gasteiger partial charge in [-0.1, -0.05) is 18.2 Å². The number of hydrogen-bond donors (Lipinski definition) is 2. The predicted molar refractivity (Wildman–Crippen MR) is 111 cm³/mol. The first-order valence-corrected chi connectivity index (χ1v) is 10.0. The van der Waals surface area contributed by atoms with E-state index in [1.165, 1.54) is 0 Å². The molecule has 1 aromatic rings. The van der Waals surface area contributed by atoms with Crippen LogP contribution in [0, 0.1) is 0 Å². The molecular weight excluding hydrogens is 453 g/mol. The minimum atomic E-state index is -3.28. The van der Waals surface area contributed by atoms with Crippen molar-refractivity contribution in [2.45, 2.75) is 37.2 Å². The predicted octanol–water partition coefficient (Wildman–Crippen LogP) is 2.20. The van der Waals surface area contributed by atoms with E-state index in [9.17, 15) is 8.42 Å². The molecule has 1 unspecified atom stereocenters. The van der Waals surface area contributed by atoms with Crippen molar-refractivity contribution in [3.63, 3.8) is 0 Å². The average molecular weight is 481 g/mol. The first-order valence-electron chi connectivity index (χ1n) is 8.39. The van der Waals surface area contributed by atoms with E-state index in [0.717, 1.165) is 26.0 Å². The van der Waals surface area contributed by atoms with Crippen LogP contribution in [0.2, 0.25) is 0 Å². The highest BCUT2D eigenvalue weighted by Crippen LogP contribution is 2.24. The van der Waals surface area contributed by atoms with Gasteiger partial charge in [0.2, 0.25) is 0 Å². The Morgan fingerprint density at radius 3 is 2.60 bits per heavy atom. The van der Waals surface area contributed by atoms with Gasteiger partial charge in [-0.3, -0.25) is 4.99 Å². The number of rotatable bonds is 7. The fourth-order valence-corrected chi connectivity index (χ4v) is 3.78. The maximum absolute atomic E-state index is 12.3. The molecular formula is C17H28IN3O3S. The Morgan fingerprint density at radius 2 is 2.00 bits per heavy atom. The highest BCUT2D eigenvalue weighted by atomic mass is 127. The number of sulfone groups is 1. The molecule has 0 bridgehead atoms. The van der Waals surface area contributed by atoms with Gasteiger partial charge >= 0.3 is 0 Å². The van der Waals surface area contributed by atoms with Gasteiger partial charge in [0.05, 0.1) is 22.8 Å². The molecule has 1 atom stereocenters. The molecule has 1 aromatic carbocycles. The van der Waals surface area contributed by atoms with Crippen LogP contribution in [0.1, 0.15) is 26.7 Å². The van der Waals surface area contributed by atoms with E-state index < -0.39 is 9.84 Å². The van der Waals surface area contributed by atoms with E-state index in [-0.39, 0.29) is 35.3 Å². The molecule has 1 heterocycles. The third-order valence-corrected chi connectivity index (χ3v) is 5.71. The van der Waals surface area contributed by atoms with Gasteiger partial charge in [0.25, 0.3) is 0 Å². The lowest BCUT2D eigenvalue weighted by Crippen LogP contribution is -2.41. The van der Waals surface area contributed by atoms with Crippen molar-refractivity contribution in [3.8, 4) is 0 Å². The summed E-state index contributed by atoms with van der Waals surface area (Å²) in [6.07, 6.45) is 2.06. The van der Waals surface area contributed by atoms with Crippen LogP contribution in [-0.4, -0.2) is 52.0 Å². The topological polar surface area (TPSA) is 79.8 Å². The molecule has 0 aromatic heterocycles. The summed E-state index contributed by atoms with van der Waals surface area (Å²) in [5.41, 5.74) is -0.210. The van der Waals surface area contributed by atoms with E-state index in [1.54, 1.807) is 30.3 Å². The Balaban J connectivity index is 0.00000312. The van der Waals surface area contributed by atoms with Crippen LogP contribution in [0.3, 0.4) is 0 Å². The van der Waals surface area contributed by atoms with Gasteiger partial charge in [-0.25, -0.2) is 8.42 Å². The van der Waals surface area contributed by atoms with Crippen molar-refractivity contribution in [2.24, 2.45) is 4.99 Å². The van der Waals surface area contributed by atoms with Gasteiger partial charge in [-0.2, -0.15) is 0 Å². The molecule has 25 heavy (non-hydrogen) atoms. The highest BCUT2D eigenvalue weighted by molar-refractivity contribution is 14.0. The molecule has 1 aliphatic heterocycles. The molecule has 6 nitrogen and oxygen atoms in total. The largest absolute Gasteiger partial charge is 0.373 e. The van der Waals surface area contributed by atoms with Gasteiger partial charge in [-0.05, 0) is 38.8 Å². The lowest BCUT2D eigenvalue weighted by molar-refractivity contribution is 0.0283. The van der Waals surface area contributed by atoms with E-state index in [1.807, 2.05) is 6.92 Å². The second-order valence-corrected chi connectivity index (χ2v) is 8.26. The third kappa shape index (κ3) is 7.10. The second-order valence-electron chi connectivity index (χ2n) is 6.16. The molecule has 142 valence electrons. The quantitative estimate of drug-likeness (QED) is 0.355. The Kier molecular flexibility index (Phi) is 9.15. The van der Waals surface area contributed by atoms with Crippen molar-refractivity contribution >= 4 is 39.8 Å². The summed E-state index contributed by atoms with van der Waals surface area (Å²) in [7, 11) is -3.28. The Morgan fingerprint density at radius 1 is 1.28 bits per heavy atom. The summed E-state index contributed by atoms with van der Waals surface area (Å²) in [6.45, 7) is 6.41. The zero-order valence-electron chi connectivity index (χ0n) is 14.8. The van der Waals surface area contributed by atoms with Crippen molar-refractivity contribution in [3.05, 3.63) is 30.3 Å². The van der Waals surface area contributed by atoms with E-state index in [2.05, 4.69) is 22.5 Å². The standard InChI is InChI=1S/C17H27N3O3S.HI/c1-3-18-16(20-14-17(2)10-7-12-23-17)19-11-13-24(21,22)15-8-5-4-6-9-15;/h4-6,8-9H,3,7,10-14H2,1-2H3,(H2,18,19,20);1H. The van der Waals surface area contributed by atoms with Gasteiger partial charge < -0.3 is 15.4 Å². The van der Waals surface area contributed by atoms with E-state index in [4.69, 9.17) is 4.74 Å². The molecule has 0 spiro atoms. The van der Waals surface area contributed by atoms with E-state index in [0.29, 0.717) is 23.9 Å². The minimum absolute atomic E-state index is 0. The molecule has 2 rings (SSSR count). The van der Waals surface area contributed by atoms with Gasteiger partial charge in [0.1, 0.15) is 0 Å². The molecule has 0 radical (unpaired) electrons. The first kappa shape index (κ1) is 22.2. The molecule has 1 aliphatic rings. The molecule has 0 saturated carbocycles. The van der Waals surface area contributed by atoms with Crippen LogP contribution >= 0.6 is 24.0 Å². The third-order valence-electron chi connectivity index (χ3n) is 3.98. The number of nitrogens with one attached hydrogen (secondary N) is 2. The van der Waals surface area contributed by atoms with Gasteiger partial charge in [-0.15, -0.1) is 24.0 Å². The van der Waals surface area contributed by atoms with Gasteiger partial charge in [0.15, 0.2) is 15.8 Å². The number of hydrogen-bond acceptors (Lipinski definition) is 4.